The van der Waals surface area contributed by atoms with E-state index >= 15 is 0 Å². The van der Waals surface area contributed by atoms with Crippen molar-refractivity contribution in [2.24, 2.45) is 0 Å². The zero-order chi connectivity index (χ0) is 9.07. The Kier molecular flexibility index (Phi) is 2.52. The Bertz CT molecular complexity index is 157. The van der Waals surface area contributed by atoms with Crippen LogP contribution in [0.25, 0.3) is 0 Å². The molecule has 9 nitrogen and oxygen atoms in total. The fourth-order valence-corrected chi connectivity index (χ4v) is 0.293. The minimum Gasteiger partial charge on any atom is -0.346 e. The van der Waals surface area contributed by atoms with Crippen molar-refractivity contribution in [3.05, 3.63) is 20.2 Å². The standard InChI is InChI=1S/C2H4N2O7/c1-2(5,10-3(6)7)11-4(8)9/h5H,1H3. The lowest BCUT2D eigenvalue weighted by molar-refractivity contribution is -0.891. The molecule has 0 bridgehead atoms. The Labute approximate surface area is 59.3 Å². The van der Waals surface area contributed by atoms with E-state index in [1.165, 1.54) is 0 Å². The molecule has 0 aliphatic heterocycles. The molecule has 11 heavy (non-hydrogen) atoms. The average Bonchev–Trinajstić information content (AvgIpc) is 1.53. The van der Waals surface area contributed by atoms with Crippen LogP contribution in [0, 0.1) is 20.2 Å². The zero-order valence-corrected chi connectivity index (χ0v) is 5.29. The first-order valence-corrected chi connectivity index (χ1v) is 2.23. The van der Waals surface area contributed by atoms with Gasteiger partial charge in [0.05, 0.1) is 0 Å². The highest BCUT2D eigenvalue weighted by Crippen LogP contribution is 2.06. The topological polar surface area (TPSA) is 125 Å². The van der Waals surface area contributed by atoms with E-state index in [1.54, 1.807) is 0 Å². The number of hydrogen-bond donors (Lipinski definition) is 1. The third-order valence-electron chi connectivity index (χ3n) is 0.488. The molecule has 0 unspecified atom stereocenters. The molecule has 0 aliphatic carbocycles. The molecule has 0 amide bonds. The Balaban J connectivity index is 3.99. The van der Waals surface area contributed by atoms with Gasteiger partial charge in [0.25, 0.3) is 10.2 Å². The van der Waals surface area contributed by atoms with E-state index in [0.29, 0.717) is 6.92 Å². The first kappa shape index (κ1) is 9.36. The van der Waals surface area contributed by atoms with Gasteiger partial charge in [-0.2, -0.15) is 0 Å². The fraction of sp³-hybridized carbons (Fsp3) is 1.00. The van der Waals surface area contributed by atoms with E-state index in [4.69, 9.17) is 5.11 Å². The quantitative estimate of drug-likeness (QED) is 0.326. The summed E-state index contributed by atoms with van der Waals surface area (Å²) in [5.41, 5.74) is 0. The van der Waals surface area contributed by atoms with Crippen LogP contribution >= 0.6 is 0 Å². The first-order chi connectivity index (χ1) is 4.83. The maximum absolute atomic E-state index is 9.52. The van der Waals surface area contributed by atoms with Crippen LogP contribution in [-0.4, -0.2) is 21.3 Å². The summed E-state index contributed by atoms with van der Waals surface area (Å²) >= 11 is 0. The van der Waals surface area contributed by atoms with Crippen molar-refractivity contribution in [3.8, 4) is 0 Å². The van der Waals surface area contributed by atoms with E-state index in [-0.39, 0.29) is 0 Å². The summed E-state index contributed by atoms with van der Waals surface area (Å²) in [4.78, 5) is 25.8. The van der Waals surface area contributed by atoms with Crippen molar-refractivity contribution in [2.45, 2.75) is 12.9 Å². The van der Waals surface area contributed by atoms with Crippen LogP contribution < -0.4 is 0 Å². The number of hydrogen-bond acceptors (Lipinski definition) is 7. The van der Waals surface area contributed by atoms with Gasteiger partial charge in [-0.1, -0.05) is 0 Å². The van der Waals surface area contributed by atoms with E-state index in [1.807, 2.05) is 0 Å². The lowest BCUT2D eigenvalue weighted by Crippen LogP contribution is -2.36. The van der Waals surface area contributed by atoms with Crippen LogP contribution in [0.5, 0.6) is 0 Å². The van der Waals surface area contributed by atoms with Gasteiger partial charge < -0.3 is 5.11 Å². The Morgan fingerprint density at radius 2 is 1.55 bits per heavy atom. The molecule has 0 aromatic heterocycles. The zero-order valence-electron chi connectivity index (χ0n) is 5.29. The van der Waals surface area contributed by atoms with Crippen molar-refractivity contribution >= 4 is 0 Å². The lowest BCUT2D eigenvalue weighted by Gasteiger charge is -2.16. The van der Waals surface area contributed by atoms with Crippen LogP contribution in [0.1, 0.15) is 6.92 Å². The van der Waals surface area contributed by atoms with Crippen LogP contribution in [0.15, 0.2) is 0 Å². The highest BCUT2D eigenvalue weighted by atomic mass is 17.1. The normalized spacial score (nSPS) is 10.4. The summed E-state index contributed by atoms with van der Waals surface area (Å²) in [6.45, 7) is 0.610. The largest absolute Gasteiger partial charge is 0.361 e. The summed E-state index contributed by atoms with van der Waals surface area (Å²) in [6, 6.07) is 0. The Hall–Kier alpha value is -1.64. The van der Waals surface area contributed by atoms with Gasteiger partial charge in [-0.25, -0.2) is 9.68 Å². The van der Waals surface area contributed by atoms with Gasteiger partial charge >= 0.3 is 5.97 Å². The minimum atomic E-state index is -2.85. The van der Waals surface area contributed by atoms with Gasteiger partial charge in [0.15, 0.2) is 0 Å². The van der Waals surface area contributed by atoms with E-state index in [9.17, 15) is 20.2 Å². The molecule has 1 N–H and O–H groups in total. The second-order valence-corrected chi connectivity index (χ2v) is 1.53. The van der Waals surface area contributed by atoms with E-state index in [0.717, 1.165) is 0 Å². The van der Waals surface area contributed by atoms with E-state index < -0.39 is 16.1 Å². The SMILES string of the molecule is CC(O)(O[N+](=O)[O-])O[N+](=O)[O-]. The Morgan fingerprint density at radius 1 is 1.27 bits per heavy atom. The molecule has 0 radical (unpaired) electrons. The molecule has 0 saturated heterocycles. The fourth-order valence-electron chi connectivity index (χ4n) is 0.293. The first-order valence-electron chi connectivity index (χ1n) is 2.23. The van der Waals surface area contributed by atoms with Crippen LogP contribution in [0.2, 0.25) is 0 Å². The molecule has 0 aliphatic rings. The molecule has 0 saturated carbocycles. The maximum atomic E-state index is 9.52. The average molecular weight is 168 g/mol. The van der Waals surface area contributed by atoms with Gasteiger partial charge in [0, 0.05) is 6.92 Å². The monoisotopic (exact) mass is 168 g/mol. The van der Waals surface area contributed by atoms with Crippen LogP contribution in [0.4, 0.5) is 0 Å². The summed E-state index contributed by atoms with van der Waals surface area (Å²) in [7, 11) is 0. The predicted octanol–water partition coefficient (Wildman–Crippen LogP) is -0.931. The molecular formula is C2H4N2O7. The molecule has 0 aromatic carbocycles. The summed E-state index contributed by atoms with van der Waals surface area (Å²) in [6.07, 6.45) is 0. The van der Waals surface area contributed by atoms with Crippen molar-refractivity contribution in [3.63, 3.8) is 0 Å². The minimum absolute atomic E-state index is 0.610. The Morgan fingerprint density at radius 3 is 1.73 bits per heavy atom. The van der Waals surface area contributed by atoms with Gasteiger partial charge in [-0.3, -0.25) is 0 Å². The molecule has 0 fully saturated rings. The number of nitrogens with zero attached hydrogens (tertiary/aromatic N) is 2. The molecule has 0 aromatic rings. The predicted molar refractivity (Wildman–Crippen MR) is 26.8 cm³/mol. The third kappa shape index (κ3) is 4.84. The molecular weight excluding hydrogens is 164 g/mol. The molecule has 0 spiro atoms. The summed E-state index contributed by atoms with van der Waals surface area (Å²) in [5, 5.41) is 24.7. The second kappa shape index (κ2) is 2.96. The summed E-state index contributed by atoms with van der Waals surface area (Å²) in [5.74, 6) is -2.85. The van der Waals surface area contributed by atoms with Crippen molar-refractivity contribution in [1.82, 2.24) is 0 Å². The van der Waals surface area contributed by atoms with Crippen LogP contribution in [0.3, 0.4) is 0 Å². The maximum Gasteiger partial charge on any atom is 0.361 e. The molecule has 0 heterocycles. The molecule has 9 heteroatoms. The van der Waals surface area contributed by atoms with Crippen molar-refractivity contribution < 1.29 is 25.0 Å². The van der Waals surface area contributed by atoms with E-state index in [2.05, 4.69) is 9.68 Å². The smallest absolute Gasteiger partial charge is 0.346 e. The van der Waals surface area contributed by atoms with Gasteiger partial charge in [0.2, 0.25) is 0 Å². The molecule has 64 valence electrons. The van der Waals surface area contributed by atoms with Crippen LogP contribution in [-0.2, 0) is 9.68 Å². The third-order valence-corrected chi connectivity index (χ3v) is 0.488. The molecule has 0 atom stereocenters. The van der Waals surface area contributed by atoms with Crippen molar-refractivity contribution in [2.75, 3.05) is 0 Å². The lowest BCUT2D eigenvalue weighted by atomic mass is 10.7. The van der Waals surface area contributed by atoms with Gasteiger partial charge in [0.1, 0.15) is 0 Å². The summed E-state index contributed by atoms with van der Waals surface area (Å²) < 4.78 is 0. The molecule has 0 rings (SSSR count). The number of aliphatic hydroxyl groups is 1. The van der Waals surface area contributed by atoms with Gasteiger partial charge in [-0.15, -0.1) is 20.2 Å². The highest BCUT2D eigenvalue weighted by Gasteiger charge is 2.29. The second-order valence-electron chi connectivity index (χ2n) is 1.53. The van der Waals surface area contributed by atoms with Gasteiger partial charge in [-0.05, 0) is 0 Å². The van der Waals surface area contributed by atoms with Crippen molar-refractivity contribution in [1.29, 1.82) is 0 Å². The number of rotatable bonds is 4. The highest BCUT2D eigenvalue weighted by molar-refractivity contribution is 4.30.